The quantitative estimate of drug-likeness (QED) is 0.833. The fourth-order valence-electron chi connectivity index (χ4n) is 1.39. The molecule has 88 valence electrons. The van der Waals surface area contributed by atoms with Gasteiger partial charge in [0.1, 0.15) is 11.6 Å². The molecule has 0 spiro atoms. The molecule has 1 aromatic heterocycles. The van der Waals surface area contributed by atoms with E-state index in [2.05, 4.69) is 42.2 Å². The molecule has 1 N–H and O–H groups in total. The van der Waals surface area contributed by atoms with Crippen LogP contribution in [-0.4, -0.2) is 4.98 Å². The predicted molar refractivity (Wildman–Crippen MR) is 74.1 cm³/mol. The SMILES string of the molecule is Cc1cc(F)c(Br)cc1Nc1ncccc1Br. The van der Waals surface area contributed by atoms with E-state index in [4.69, 9.17) is 0 Å². The van der Waals surface area contributed by atoms with Gasteiger partial charge in [0.25, 0.3) is 0 Å². The minimum Gasteiger partial charge on any atom is -0.339 e. The van der Waals surface area contributed by atoms with Gasteiger partial charge in [-0.15, -0.1) is 0 Å². The Morgan fingerprint density at radius 1 is 1.24 bits per heavy atom. The largest absolute Gasteiger partial charge is 0.339 e. The topological polar surface area (TPSA) is 24.9 Å². The number of benzene rings is 1. The highest BCUT2D eigenvalue weighted by Gasteiger charge is 2.07. The second-order valence-corrected chi connectivity index (χ2v) is 5.25. The number of aromatic nitrogens is 1. The zero-order valence-electron chi connectivity index (χ0n) is 8.97. The molecule has 2 aromatic rings. The van der Waals surface area contributed by atoms with Gasteiger partial charge in [-0.25, -0.2) is 9.37 Å². The molecule has 0 bridgehead atoms. The van der Waals surface area contributed by atoms with Crippen molar-refractivity contribution in [3.63, 3.8) is 0 Å². The number of nitrogens with zero attached hydrogens (tertiary/aromatic N) is 1. The lowest BCUT2D eigenvalue weighted by Crippen LogP contribution is -1.97. The number of nitrogens with one attached hydrogen (secondary N) is 1. The molecule has 0 amide bonds. The van der Waals surface area contributed by atoms with Crippen LogP contribution in [0, 0.1) is 12.7 Å². The molecule has 0 saturated heterocycles. The van der Waals surface area contributed by atoms with E-state index < -0.39 is 0 Å². The summed E-state index contributed by atoms with van der Waals surface area (Å²) < 4.78 is 14.6. The molecule has 0 aliphatic rings. The van der Waals surface area contributed by atoms with Crippen molar-refractivity contribution in [1.29, 1.82) is 0 Å². The predicted octanol–water partition coefficient (Wildman–Crippen LogP) is 4.80. The van der Waals surface area contributed by atoms with Crippen LogP contribution in [0.3, 0.4) is 0 Å². The van der Waals surface area contributed by atoms with Crippen molar-refractivity contribution in [1.82, 2.24) is 4.98 Å². The van der Waals surface area contributed by atoms with E-state index in [1.165, 1.54) is 6.07 Å². The maximum absolute atomic E-state index is 13.3. The van der Waals surface area contributed by atoms with Crippen molar-refractivity contribution in [2.75, 3.05) is 5.32 Å². The molecule has 0 saturated carbocycles. The van der Waals surface area contributed by atoms with E-state index >= 15 is 0 Å². The Labute approximate surface area is 116 Å². The molecular weight excluding hydrogens is 351 g/mol. The van der Waals surface area contributed by atoms with Crippen LogP contribution in [0.2, 0.25) is 0 Å². The monoisotopic (exact) mass is 358 g/mol. The van der Waals surface area contributed by atoms with Crippen molar-refractivity contribution in [2.45, 2.75) is 6.92 Å². The summed E-state index contributed by atoms with van der Waals surface area (Å²) in [5.41, 5.74) is 1.64. The first-order valence-electron chi connectivity index (χ1n) is 4.91. The van der Waals surface area contributed by atoms with Crippen LogP contribution in [0.25, 0.3) is 0 Å². The summed E-state index contributed by atoms with van der Waals surface area (Å²) in [5, 5.41) is 3.15. The first-order chi connectivity index (χ1) is 8.08. The molecule has 2 nitrogen and oxygen atoms in total. The van der Waals surface area contributed by atoms with Gasteiger partial charge in [0.2, 0.25) is 0 Å². The fraction of sp³-hybridized carbons (Fsp3) is 0.0833. The summed E-state index contributed by atoms with van der Waals surface area (Å²) in [5.74, 6) is 0.433. The van der Waals surface area contributed by atoms with Crippen LogP contribution >= 0.6 is 31.9 Å². The number of pyridine rings is 1. The molecular formula is C12H9Br2FN2. The Morgan fingerprint density at radius 3 is 2.71 bits per heavy atom. The molecule has 0 atom stereocenters. The third-order valence-electron chi connectivity index (χ3n) is 2.28. The van der Waals surface area contributed by atoms with Crippen LogP contribution in [0.1, 0.15) is 5.56 Å². The zero-order valence-corrected chi connectivity index (χ0v) is 12.1. The van der Waals surface area contributed by atoms with Crippen molar-refractivity contribution < 1.29 is 4.39 Å². The van der Waals surface area contributed by atoms with E-state index in [1.54, 1.807) is 12.3 Å². The molecule has 2 rings (SSSR count). The lowest BCUT2D eigenvalue weighted by molar-refractivity contribution is 0.620. The van der Waals surface area contributed by atoms with E-state index in [0.29, 0.717) is 10.3 Å². The Kier molecular flexibility index (Phi) is 3.79. The van der Waals surface area contributed by atoms with Gasteiger partial charge in [-0.05, 0) is 68.6 Å². The van der Waals surface area contributed by atoms with E-state index in [-0.39, 0.29) is 5.82 Å². The molecule has 0 radical (unpaired) electrons. The smallest absolute Gasteiger partial charge is 0.144 e. The lowest BCUT2D eigenvalue weighted by atomic mass is 10.2. The number of hydrogen-bond donors (Lipinski definition) is 1. The van der Waals surface area contributed by atoms with Crippen LogP contribution in [0.15, 0.2) is 39.4 Å². The maximum atomic E-state index is 13.3. The Hall–Kier alpha value is -0.940. The van der Waals surface area contributed by atoms with Gasteiger partial charge in [-0.1, -0.05) is 0 Å². The van der Waals surface area contributed by atoms with Crippen LogP contribution in [-0.2, 0) is 0 Å². The first kappa shape index (κ1) is 12.5. The molecule has 0 unspecified atom stereocenters. The normalized spacial score (nSPS) is 10.4. The number of anilines is 2. The molecule has 1 aromatic carbocycles. The maximum Gasteiger partial charge on any atom is 0.144 e. The standard InChI is InChI=1S/C12H9Br2FN2/c1-7-5-10(15)9(14)6-11(7)17-12-8(13)3-2-4-16-12/h2-6H,1H3,(H,16,17). The minimum absolute atomic E-state index is 0.270. The van der Waals surface area contributed by atoms with Gasteiger partial charge >= 0.3 is 0 Å². The number of aryl methyl sites for hydroxylation is 1. The summed E-state index contributed by atoms with van der Waals surface area (Å²) >= 11 is 6.57. The second kappa shape index (κ2) is 5.14. The summed E-state index contributed by atoms with van der Waals surface area (Å²) in [6, 6.07) is 6.90. The average Bonchev–Trinajstić information content (AvgIpc) is 2.29. The van der Waals surface area contributed by atoms with Crippen molar-refractivity contribution in [3.8, 4) is 0 Å². The second-order valence-electron chi connectivity index (χ2n) is 3.54. The van der Waals surface area contributed by atoms with Crippen LogP contribution in [0.5, 0.6) is 0 Å². The first-order valence-corrected chi connectivity index (χ1v) is 6.49. The van der Waals surface area contributed by atoms with Crippen LogP contribution < -0.4 is 5.32 Å². The number of hydrogen-bond acceptors (Lipinski definition) is 2. The molecule has 0 aliphatic heterocycles. The summed E-state index contributed by atoms with van der Waals surface area (Å²) in [7, 11) is 0. The molecule has 0 aliphatic carbocycles. The average molecular weight is 360 g/mol. The Balaban J connectivity index is 2.37. The van der Waals surface area contributed by atoms with Crippen molar-refractivity contribution in [2.24, 2.45) is 0 Å². The lowest BCUT2D eigenvalue weighted by Gasteiger charge is -2.11. The van der Waals surface area contributed by atoms with Gasteiger partial charge in [0.05, 0.1) is 8.95 Å². The highest BCUT2D eigenvalue weighted by molar-refractivity contribution is 9.10. The molecule has 0 fully saturated rings. The van der Waals surface area contributed by atoms with Crippen molar-refractivity contribution in [3.05, 3.63) is 50.8 Å². The zero-order chi connectivity index (χ0) is 12.4. The van der Waals surface area contributed by atoms with E-state index in [0.717, 1.165) is 15.7 Å². The van der Waals surface area contributed by atoms with Gasteiger partial charge in [-0.2, -0.15) is 0 Å². The third-order valence-corrected chi connectivity index (χ3v) is 3.53. The van der Waals surface area contributed by atoms with E-state index in [1.807, 2.05) is 19.1 Å². The Morgan fingerprint density at radius 2 is 2.00 bits per heavy atom. The summed E-state index contributed by atoms with van der Waals surface area (Å²) in [4.78, 5) is 4.20. The van der Waals surface area contributed by atoms with Gasteiger partial charge < -0.3 is 5.32 Å². The summed E-state index contributed by atoms with van der Waals surface area (Å²) in [6.07, 6.45) is 1.70. The summed E-state index contributed by atoms with van der Waals surface area (Å²) in [6.45, 7) is 1.84. The highest BCUT2D eigenvalue weighted by Crippen LogP contribution is 2.28. The van der Waals surface area contributed by atoms with Gasteiger partial charge in [-0.3, -0.25) is 0 Å². The Bertz CT molecular complexity index is 558. The van der Waals surface area contributed by atoms with Gasteiger partial charge in [0.15, 0.2) is 0 Å². The molecule has 1 heterocycles. The van der Waals surface area contributed by atoms with Gasteiger partial charge in [0, 0.05) is 11.9 Å². The van der Waals surface area contributed by atoms with E-state index in [9.17, 15) is 4.39 Å². The van der Waals surface area contributed by atoms with Crippen molar-refractivity contribution >= 4 is 43.4 Å². The van der Waals surface area contributed by atoms with Crippen LogP contribution in [0.4, 0.5) is 15.9 Å². The number of rotatable bonds is 2. The molecule has 5 heteroatoms. The highest BCUT2D eigenvalue weighted by atomic mass is 79.9. The minimum atomic E-state index is -0.270. The fourth-order valence-corrected chi connectivity index (χ4v) is 2.08. The molecule has 17 heavy (non-hydrogen) atoms. The number of halogens is 3. The third kappa shape index (κ3) is 2.84.